The first-order chi connectivity index (χ1) is 15.5. The Morgan fingerprint density at radius 3 is 2.50 bits per heavy atom. The predicted molar refractivity (Wildman–Crippen MR) is 123 cm³/mol. The average molecular weight is 438 g/mol. The van der Waals surface area contributed by atoms with Gasteiger partial charge in [-0.25, -0.2) is 0 Å². The van der Waals surface area contributed by atoms with Gasteiger partial charge < -0.3 is 19.7 Å². The highest BCUT2D eigenvalue weighted by Gasteiger charge is 2.41. The van der Waals surface area contributed by atoms with Crippen LogP contribution in [0.1, 0.15) is 32.3 Å². The molecule has 1 spiro atoms. The van der Waals surface area contributed by atoms with Gasteiger partial charge in [-0.05, 0) is 37.3 Å². The number of para-hydroxylation sites is 1. The molecule has 7 heteroatoms. The summed E-state index contributed by atoms with van der Waals surface area (Å²) >= 11 is 0. The Balaban J connectivity index is 1.35. The van der Waals surface area contributed by atoms with Crippen LogP contribution in [0.25, 0.3) is 0 Å². The van der Waals surface area contributed by atoms with E-state index in [1.54, 1.807) is 6.92 Å². The Morgan fingerprint density at radius 2 is 1.81 bits per heavy atom. The van der Waals surface area contributed by atoms with Gasteiger partial charge in [0, 0.05) is 50.7 Å². The lowest BCUT2D eigenvalue weighted by atomic mass is 9.90. The molecule has 32 heavy (non-hydrogen) atoms. The maximum atomic E-state index is 12.6. The molecule has 2 aromatic rings. The molecule has 2 aromatic carbocycles. The lowest BCUT2D eigenvalue weighted by Gasteiger charge is -2.42. The first-order valence-electron chi connectivity index (χ1n) is 11.2. The second-order valence-corrected chi connectivity index (χ2v) is 8.55. The molecular formula is C25H31N3O4. The van der Waals surface area contributed by atoms with Crippen LogP contribution in [0.5, 0.6) is 11.5 Å². The van der Waals surface area contributed by atoms with E-state index in [1.165, 1.54) is 0 Å². The van der Waals surface area contributed by atoms with Crippen molar-refractivity contribution >= 4 is 17.5 Å². The topological polar surface area (TPSA) is 71.1 Å². The van der Waals surface area contributed by atoms with E-state index >= 15 is 0 Å². The number of hydrogen-bond donors (Lipinski definition) is 1. The van der Waals surface area contributed by atoms with Gasteiger partial charge in [0.05, 0.1) is 19.7 Å². The van der Waals surface area contributed by atoms with E-state index in [2.05, 4.69) is 10.2 Å². The van der Waals surface area contributed by atoms with E-state index in [1.807, 2.05) is 60.4 Å². The Bertz CT molecular complexity index is 952. The van der Waals surface area contributed by atoms with Crippen molar-refractivity contribution < 1.29 is 19.1 Å². The molecule has 7 nitrogen and oxygen atoms in total. The largest absolute Gasteiger partial charge is 0.494 e. The van der Waals surface area contributed by atoms with Gasteiger partial charge in [0.1, 0.15) is 17.1 Å². The zero-order chi connectivity index (χ0) is 22.6. The van der Waals surface area contributed by atoms with Crippen molar-refractivity contribution in [3.05, 3.63) is 54.1 Å². The van der Waals surface area contributed by atoms with E-state index in [0.29, 0.717) is 26.2 Å². The summed E-state index contributed by atoms with van der Waals surface area (Å²) in [4.78, 5) is 28.8. The van der Waals surface area contributed by atoms with Crippen molar-refractivity contribution in [3.63, 3.8) is 0 Å². The van der Waals surface area contributed by atoms with Crippen LogP contribution < -0.4 is 14.8 Å². The monoisotopic (exact) mass is 437 g/mol. The first-order valence-corrected chi connectivity index (χ1v) is 11.2. The van der Waals surface area contributed by atoms with Crippen molar-refractivity contribution in [2.45, 2.75) is 38.8 Å². The molecule has 4 rings (SSSR count). The fraction of sp³-hybridized carbons (Fsp3) is 0.440. The van der Waals surface area contributed by atoms with Gasteiger partial charge >= 0.3 is 0 Å². The summed E-state index contributed by atoms with van der Waals surface area (Å²) in [6.07, 6.45) is 1.53. The molecule has 1 saturated heterocycles. The zero-order valence-electron chi connectivity index (χ0n) is 18.8. The number of likely N-dealkylation sites (tertiary alicyclic amines) is 1. The Kier molecular flexibility index (Phi) is 6.65. The van der Waals surface area contributed by atoms with E-state index in [9.17, 15) is 9.59 Å². The number of carbonyl (C=O) groups is 2. The van der Waals surface area contributed by atoms with Gasteiger partial charge in [0.25, 0.3) is 0 Å². The number of benzene rings is 2. The van der Waals surface area contributed by atoms with Crippen molar-refractivity contribution in [1.82, 2.24) is 9.80 Å². The van der Waals surface area contributed by atoms with Crippen molar-refractivity contribution in [2.75, 3.05) is 38.1 Å². The lowest BCUT2D eigenvalue weighted by molar-refractivity contribution is -0.132. The minimum absolute atomic E-state index is 0.0393. The molecule has 170 valence electrons. The predicted octanol–water partition coefficient (Wildman–Crippen LogP) is 3.30. The van der Waals surface area contributed by atoms with Gasteiger partial charge in [-0.1, -0.05) is 18.2 Å². The number of rotatable bonds is 5. The van der Waals surface area contributed by atoms with Crippen LogP contribution in [0.4, 0.5) is 5.69 Å². The minimum atomic E-state index is -0.416. The highest BCUT2D eigenvalue weighted by atomic mass is 16.5. The van der Waals surface area contributed by atoms with Gasteiger partial charge in [-0.3, -0.25) is 14.5 Å². The third-order valence-electron chi connectivity index (χ3n) is 6.17. The number of ether oxygens (including phenoxy) is 2. The normalized spacial score (nSPS) is 17.8. The molecule has 0 unspecified atom stereocenters. The third kappa shape index (κ3) is 5.22. The summed E-state index contributed by atoms with van der Waals surface area (Å²) in [5.74, 6) is 1.67. The van der Waals surface area contributed by atoms with Crippen LogP contribution in [-0.4, -0.2) is 60.0 Å². The van der Waals surface area contributed by atoms with E-state index < -0.39 is 5.60 Å². The number of carbonyl (C=O) groups excluding carboxylic acids is 2. The van der Waals surface area contributed by atoms with Gasteiger partial charge in [0.2, 0.25) is 11.8 Å². The van der Waals surface area contributed by atoms with Gasteiger partial charge in [-0.2, -0.15) is 0 Å². The van der Waals surface area contributed by atoms with Crippen LogP contribution in [0.15, 0.2) is 48.5 Å². The van der Waals surface area contributed by atoms with Crippen LogP contribution in [0, 0.1) is 0 Å². The summed E-state index contributed by atoms with van der Waals surface area (Å²) in [6, 6.07) is 15.3. The van der Waals surface area contributed by atoms with Gasteiger partial charge in [0.15, 0.2) is 0 Å². The highest BCUT2D eigenvalue weighted by molar-refractivity contribution is 5.92. The number of fused-ring (bicyclic) bond motifs is 1. The quantitative estimate of drug-likeness (QED) is 0.777. The summed E-state index contributed by atoms with van der Waals surface area (Å²) in [5.41, 5.74) is 1.38. The van der Waals surface area contributed by atoms with E-state index in [0.717, 1.165) is 48.7 Å². The molecule has 2 amide bonds. The standard InChI is InChI=1S/C25H31N3O4/c1-3-31-22-10-8-21(9-11-22)26-24(30)17-27-14-12-25(13-15-27)18-28(19(2)29)16-20-6-4-5-7-23(20)32-25/h4-11H,3,12-18H2,1-2H3,(H,26,30). The molecule has 2 aliphatic heterocycles. The molecule has 0 atom stereocenters. The molecule has 0 radical (unpaired) electrons. The minimum Gasteiger partial charge on any atom is -0.494 e. The van der Waals surface area contributed by atoms with Gasteiger partial charge in [-0.15, -0.1) is 0 Å². The van der Waals surface area contributed by atoms with Crippen molar-refractivity contribution in [2.24, 2.45) is 0 Å². The molecule has 0 saturated carbocycles. The fourth-order valence-electron chi connectivity index (χ4n) is 4.42. The third-order valence-corrected chi connectivity index (χ3v) is 6.17. The van der Waals surface area contributed by atoms with Crippen molar-refractivity contribution in [3.8, 4) is 11.5 Å². The fourth-order valence-corrected chi connectivity index (χ4v) is 4.42. The molecule has 0 aromatic heterocycles. The first kappa shape index (κ1) is 22.1. The number of nitrogens with zero attached hydrogens (tertiary/aromatic N) is 2. The number of piperidine rings is 1. The van der Waals surface area contributed by atoms with Crippen LogP contribution >= 0.6 is 0 Å². The molecule has 1 fully saturated rings. The SMILES string of the molecule is CCOc1ccc(NC(=O)CN2CCC3(CC2)CN(C(C)=O)Cc2ccccc2O3)cc1. The number of hydrogen-bond acceptors (Lipinski definition) is 5. The molecule has 2 aliphatic rings. The second-order valence-electron chi connectivity index (χ2n) is 8.55. The summed E-state index contributed by atoms with van der Waals surface area (Å²) in [5, 5.41) is 2.95. The lowest BCUT2D eigenvalue weighted by Crippen LogP contribution is -2.54. The molecule has 0 bridgehead atoms. The van der Waals surface area contributed by atoms with E-state index in [-0.39, 0.29) is 11.8 Å². The Labute approximate surface area is 189 Å². The Hall–Kier alpha value is -3.06. The van der Waals surface area contributed by atoms with E-state index in [4.69, 9.17) is 9.47 Å². The highest BCUT2D eigenvalue weighted by Crippen LogP contribution is 2.35. The number of anilines is 1. The Morgan fingerprint density at radius 1 is 1.09 bits per heavy atom. The second kappa shape index (κ2) is 9.61. The number of nitrogens with one attached hydrogen (secondary N) is 1. The van der Waals surface area contributed by atoms with Crippen LogP contribution in [0.3, 0.4) is 0 Å². The zero-order valence-corrected chi connectivity index (χ0v) is 18.8. The van der Waals surface area contributed by atoms with Crippen LogP contribution in [-0.2, 0) is 16.1 Å². The number of amides is 2. The maximum Gasteiger partial charge on any atom is 0.238 e. The summed E-state index contributed by atoms with van der Waals surface area (Å²) in [7, 11) is 0. The van der Waals surface area contributed by atoms with Crippen molar-refractivity contribution in [1.29, 1.82) is 0 Å². The molecule has 1 N–H and O–H groups in total. The maximum absolute atomic E-state index is 12.6. The smallest absolute Gasteiger partial charge is 0.238 e. The molecular weight excluding hydrogens is 406 g/mol. The summed E-state index contributed by atoms with van der Waals surface area (Å²) < 4.78 is 12.0. The van der Waals surface area contributed by atoms with Crippen LogP contribution in [0.2, 0.25) is 0 Å². The molecule has 2 heterocycles. The molecule has 0 aliphatic carbocycles. The average Bonchev–Trinajstić information content (AvgIpc) is 2.94. The summed E-state index contributed by atoms with van der Waals surface area (Å²) in [6.45, 7) is 7.12.